The second kappa shape index (κ2) is 5.10. The first-order valence-electron chi connectivity index (χ1n) is 4.25. The minimum atomic E-state index is -0.304. The normalized spacial score (nSPS) is 12.2. The largest absolute Gasteiger partial charge is 0.349 e. The lowest BCUT2D eigenvalue weighted by Crippen LogP contribution is -2.27. The summed E-state index contributed by atoms with van der Waals surface area (Å²) in [5.41, 5.74) is 0.502. The molecular weight excluding hydrogens is 249 g/mol. The van der Waals surface area contributed by atoms with E-state index in [1.165, 1.54) is 6.07 Å². The average Bonchev–Trinajstić information content (AvgIpc) is 2.18. The van der Waals surface area contributed by atoms with Gasteiger partial charge in [-0.15, -0.1) is 0 Å². The molecule has 0 aliphatic heterocycles. The van der Waals surface area contributed by atoms with Gasteiger partial charge in [0.2, 0.25) is 5.91 Å². The van der Waals surface area contributed by atoms with Gasteiger partial charge in [-0.05, 0) is 13.0 Å². The van der Waals surface area contributed by atoms with Gasteiger partial charge in [0.05, 0.1) is 11.4 Å². The summed E-state index contributed by atoms with van der Waals surface area (Å²) in [5, 5.41) is 2.89. The number of alkyl halides is 1. The minimum absolute atomic E-state index is 0.152. The van der Waals surface area contributed by atoms with Crippen molar-refractivity contribution < 1.29 is 9.18 Å². The number of benzene rings is 1. The van der Waals surface area contributed by atoms with Crippen LogP contribution < -0.4 is 5.32 Å². The molecule has 1 N–H and O–H groups in total. The van der Waals surface area contributed by atoms with Crippen molar-refractivity contribution in [2.45, 2.75) is 13.0 Å². The topological polar surface area (TPSA) is 29.1 Å². The van der Waals surface area contributed by atoms with Gasteiger partial charge >= 0.3 is 0 Å². The Morgan fingerprint density at radius 3 is 2.79 bits per heavy atom. The van der Waals surface area contributed by atoms with Crippen LogP contribution in [0.15, 0.2) is 24.3 Å². The maximum absolute atomic E-state index is 13.2. The molecule has 76 valence electrons. The molecule has 0 bridgehead atoms. The minimum Gasteiger partial charge on any atom is -0.349 e. The summed E-state index contributed by atoms with van der Waals surface area (Å²) in [6.45, 7) is 1.75. The summed E-state index contributed by atoms with van der Waals surface area (Å²) < 4.78 is 13.2. The summed E-state index contributed by atoms with van der Waals surface area (Å²) in [6.07, 6.45) is 0. The van der Waals surface area contributed by atoms with Crippen molar-refractivity contribution in [3.05, 3.63) is 35.6 Å². The maximum atomic E-state index is 13.2. The number of carbonyl (C=O) groups is 1. The molecule has 1 aromatic carbocycles. The molecule has 0 fully saturated rings. The van der Waals surface area contributed by atoms with E-state index in [9.17, 15) is 9.18 Å². The molecule has 1 rings (SSSR count). The highest BCUT2D eigenvalue weighted by Gasteiger charge is 2.11. The number of carbonyl (C=O) groups excluding carboxylic acids is 1. The fraction of sp³-hybridized carbons (Fsp3) is 0.300. The molecule has 1 unspecified atom stereocenters. The van der Waals surface area contributed by atoms with Gasteiger partial charge in [0.25, 0.3) is 0 Å². The van der Waals surface area contributed by atoms with Crippen LogP contribution in [0, 0.1) is 5.82 Å². The van der Waals surface area contributed by atoms with E-state index < -0.39 is 0 Å². The summed E-state index contributed by atoms with van der Waals surface area (Å²) in [7, 11) is 0. The molecule has 0 aliphatic carbocycles. The van der Waals surface area contributed by atoms with E-state index >= 15 is 0 Å². The Morgan fingerprint density at radius 1 is 1.57 bits per heavy atom. The van der Waals surface area contributed by atoms with Crippen molar-refractivity contribution in [1.29, 1.82) is 0 Å². The third-order valence-corrected chi connectivity index (χ3v) is 2.38. The summed E-state index contributed by atoms with van der Waals surface area (Å²) in [5.74, 6) is -0.448. The van der Waals surface area contributed by atoms with Crippen LogP contribution in [0.3, 0.4) is 0 Å². The van der Waals surface area contributed by atoms with Gasteiger partial charge in [0.1, 0.15) is 5.82 Å². The SMILES string of the molecule is CC(NC(=O)CBr)c1ccccc1F. The molecule has 0 heterocycles. The molecule has 2 nitrogen and oxygen atoms in total. The maximum Gasteiger partial charge on any atom is 0.231 e. The van der Waals surface area contributed by atoms with Crippen molar-refractivity contribution in [3.63, 3.8) is 0 Å². The summed E-state index contributed by atoms with van der Waals surface area (Å²) >= 11 is 3.03. The lowest BCUT2D eigenvalue weighted by molar-refractivity contribution is -0.119. The Bertz CT molecular complexity index is 330. The zero-order valence-corrected chi connectivity index (χ0v) is 9.34. The van der Waals surface area contributed by atoms with E-state index in [0.717, 1.165) is 0 Å². The Hall–Kier alpha value is -0.900. The van der Waals surface area contributed by atoms with E-state index in [1.807, 2.05) is 0 Å². The Labute approximate surface area is 90.6 Å². The molecule has 0 aliphatic rings. The number of nitrogens with one attached hydrogen (secondary N) is 1. The van der Waals surface area contributed by atoms with Crippen LogP contribution >= 0.6 is 15.9 Å². The van der Waals surface area contributed by atoms with Crippen LogP contribution in [0.25, 0.3) is 0 Å². The highest BCUT2D eigenvalue weighted by Crippen LogP contribution is 2.15. The van der Waals surface area contributed by atoms with E-state index in [-0.39, 0.29) is 23.1 Å². The molecule has 1 amide bonds. The predicted octanol–water partition coefficient (Wildman–Crippen LogP) is 2.40. The van der Waals surface area contributed by atoms with Crippen molar-refractivity contribution in [2.75, 3.05) is 5.33 Å². The quantitative estimate of drug-likeness (QED) is 0.831. The number of hydrogen-bond donors (Lipinski definition) is 1. The van der Waals surface area contributed by atoms with E-state index in [4.69, 9.17) is 0 Å². The predicted molar refractivity (Wildman–Crippen MR) is 56.8 cm³/mol. The molecule has 1 atom stereocenters. The molecule has 0 aromatic heterocycles. The van der Waals surface area contributed by atoms with Gasteiger partial charge in [-0.3, -0.25) is 4.79 Å². The monoisotopic (exact) mass is 259 g/mol. The number of halogens is 2. The van der Waals surface area contributed by atoms with Crippen molar-refractivity contribution in [3.8, 4) is 0 Å². The zero-order valence-electron chi connectivity index (χ0n) is 7.76. The van der Waals surface area contributed by atoms with Crippen LogP contribution in [0.1, 0.15) is 18.5 Å². The van der Waals surface area contributed by atoms with Gasteiger partial charge in [0, 0.05) is 5.56 Å². The first-order chi connectivity index (χ1) is 6.65. The lowest BCUT2D eigenvalue weighted by atomic mass is 10.1. The van der Waals surface area contributed by atoms with Crippen LogP contribution in [0.4, 0.5) is 4.39 Å². The van der Waals surface area contributed by atoms with Gasteiger partial charge in [0.15, 0.2) is 0 Å². The second-order valence-corrected chi connectivity index (χ2v) is 3.51. The van der Waals surface area contributed by atoms with Gasteiger partial charge in [-0.2, -0.15) is 0 Å². The van der Waals surface area contributed by atoms with Crippen LogP contribution in [-0.4, -0.2) is 11.2 Å². The average molecular weight is 260 g/mol. The molecule has 0 saturated heterocycles. The third-order valence-electron chi connectivity index (χ3n) is 1.87. The van der Waals surface area contributed by atoms with Crippen molar-refractivity contribution >= 4 is 21.8 Å². The zero-order chi connectivity index (χ0) is 10.6. The standard InChI is InChI=1S/C10H11BrFNO/c1-7(13-10(14)6-11)8-4-2-3-5-9(8)12/h2-5,7H,6H2,1H3,(H,13,14). The van der Waals surface area contributed by atoms with E-state index in [0.29, 0.717) is 5.56 Å². The first kappa shape index (κ1) is 11.2. The van der Waals surface area contributed by atoms with E-state index in [2.05, 4.69) is 21.2 Å². The summed E-state index contributed by atoms with van der Waals surface area (Å²) in [4.78, 5) is 11.0. The van der Waals surface area contributed by atoms with Gasteiger partial charge in [-0.1, -0.05) is 34.1 Å². The number of amides is 1. The molecule has 0 saturated carbocycles. The Balaban J connectivity index is 2.74. The van der Waals surface area contributed by atoms with Gasteiger partial charge < -0.3 is 5.32 Å². The highest BCUT2D eigenvalue weighted by atomic mass is 79.9. The van der Waals surface area contributed by atoms with Gasteiger partial charge in [-0.25, -0.2) is 4.39 Å². The Morgan fingerprint density at radius 2 is 2.21 bits per heavy atom. The van der Waals surface area contributed by atoms with Crippen LogP contribution in [0.2, 0.25) is 0 Å². The molecule has 4 heteroatoms. The first-order valence-corrected chi connectivity index (χ1v) is 5.37. The Kier molecular flexibility index (Phi) is 4.07. The molecule has 0 spiro atoms. The molecule has 14 heavy (non-hydrogen) atoms. The number of rotatable bonds is 3. The number of hydrogen-bond acceptors (Lipinski definition) is 1. The fourth-order valence-electron chi connectivity index (χ4n) is 1.18. The van der Waals surface area contributed by atoms with Crippen molar-refractivity contribution in [1.82, 2.24) is 5.32 Å². The smallest absolute Gasteiger partial charge is 0.231 e. The second-order valence-electron chi connectivity index (χ2n) is 2.94. The molecule has 0 radical (unpaired) electrons. The van der Waals surface area contributed by atoms with Crippen LogP contribution in [-0.2, 0) is 4.79 Å². The van der Waals surface area contributed by atoms with Crippen molar-refractivity contribution in [2.24, 2.45) is 0 Å². The highest BCUT2D eigenvalue weighted by molar-refractivity contribution is 9.09. The van der Waals surface area contributed by atoms with Crippen LogP contribution in [0.5, 0.6) is 0 Å². The van der Waals surface area contributed by atoms with E-state index in [1.54, 1.807) is 25.1 Å². The fourth-order valence-corrected chi connectivity index (χ4v) is 1.35. The third kappa shape index (κ3) is 2.80. The lowest BCUT2D eigenvalue weighted by Gasteiger charge is -2.13. The molecule has 1 aromatic rings. The molecular formula is C10H11BrFNO. The summed E-state index contributed by atoms with van der Waals surface area (Å²) in [6, 6.07) is 6.11.